The molecule has 1 saturated heterocycles. The summed E-state index contributed by atoms with van der Waals surface area (Å²) in [6.07, 6.45) is -4.14. The molecule has 8 heteroatoms. The fourth-order valence-corrected chi connectivity index (χ4v) is 3.22. The number of urea groups is 1. The SMILES string of the molecule is CC1(C(=O)O)CCN(C(=O)NC(c2cccc(C(F)(F)F)c2)C(C)(C)C)C1. The topological polar surface area (TPSA) is 69.6 Å². The Labute approximate surface area is 156 Å². The van der Waals surface area contributed by atoms with Crippen molar-refractivity contribution >= 4 is 12.0 Å². The Morgan fingerprint density at radius 1 is 1.26 bits per heavy atom. The van der Waals surface area contributed by atoms with Gasteiger partial charge < -0.3 is 15.3 Å². The van der Waals surface area contributed by atoms with Crippen LogP contribution in [0.15, 0.2) is 24.3 Å². The zero-order valence-corrected chi connectivity index (χ0v) is 15.9. The maximum Gasteiger partial charge on any atom is 0.416 e. The molecule has 150 valence electrons. The van der Waals surface area contributed by atoms with E-state index in [-0.39, 0.29) is 13.1 Å². The molecule has 0 bridgehead atoms. The van der Waals surface area contributed by atoms with Gasteiger partial charge >= 0.3 is 18.2 Å². The number of carboxylic acid groups (broad SMARTS) is 1. The van der Waals surface area contributed by atoms with Crippen LogP contribution in [0.4, 0.5) is 18.0 Å². The number of hydrogen-bond donors (Lipinski definition) is 2. The van der Waals surface area contributed by atoms with Crippen molar-refractivity contribution in [3.8, 4) is 0 Å². The lowest BCUT2D eigenvalue weighted by molar-refractivity contribution is -0.147. The van der Waals surface area contributed by atoms with Gasteiger partial charge in [0, 0.05) is 13.1 Å². The van der Waals surface area contributed by atoms with Crippen LogP contribution in [-0.4, -0.2) is 35.1 Å². The largest absolute Gasteiger partial charge is 0.481 e. The van der Waals surface area contributed by atoms with Crippen molar-refractivity contribution in [2.75, 3.05) is 13.1 Å². The van der Waals surface area contributed by atoms with Crippen LogP contribution in [0.25, 0.3) is 0 Å². The number of hydrogen-bond acceptors (Lipinski definition) is 2. The van der Waals surface area contributed by atoms with Gasteiger partial charge in [-0.2, -0.15) is 13.2 Å². The molecule has 1 aliphatic heterocycles. The Morgan fingerprint density at radius 2 is 1.89 bits per heavy atom. The number of alkyl halides is 3. The summed E-state index contributed by atoms with van der Waals surface area (Å²) in [7, 11) is 0. The highest BCUT2D eigenvalue weighted by atomic mass is 19.4. The van der Waals surface area contributed by atoms with E-state index in [2.05, 4.69) is 5.32 Å². The summed E-state index contributed by atoms with van der Waals surface area (Å²) >= 11 is 0. The van der Waals surface area contributed by atoms with E-state index in [0.717, 1.165) is 12.1 Å². The van der Waals surface area contributed by atoms with E-state index < -0.39 is 40.6 Å². The molecule has 1 aliphatic rings. The van der Waals surface area contributed by atoms with Crippen LogP contribution < -0.4 is 5.32 Å². The molecular formula is C19H25F3N2O3. The smallest absolute Gasteiger partial charge is 0.416 e. The molecule has 1 aromatic rings. The van der Waals surface area contributed by atoms with Crippen molar-refractivity contribution in [3.05, 3.63) is 35.4 Å². The lowest BCUT2D eigenvalue weighted by Crippen LogP contribution is -2.45. The first-order valence-electron chi connectivity index (χ1n) is 8.70. The molecule has 2 N–H and O–H groups in total. The van der Waals surface area contributed by atoms with Gasteiger partial charge in [-0.25, -0.2) is 4.79 Å². The van der Waals surface area contributed by atoms with E-state index >= 15 is 0 Å². The quantitative estimate of drug-likeness (QED) is 0.814. The van der Waals surface area contributed by atoms with Crippen LogP contribution in [0.2, 0.25) is 0 Å². The first-order valence-corrected chi connectivity index (χ1v) is 8.70. The molecule has 1 aromatic carbocycles. The molecule has 0 spiro atoms. The number of amides is 2. The maximum absolute atomic E-state index is 13.0. The summed E-state index contributed by atoms with van der Waals surface area (Å²) in [6.45, 7) is 7.40. The Kier molecular flexibility index (Phi) is 5.50. The first kappa shape index (κ1) is 21.1. The lowest BCUT2D eigenvalue weighted by atomic mass is 9.82. The predicted molar refractivity (Wildman–Crippen MR) is 94.1 cm³/mol. The van der Waals surface area contributed by atoms with Gasteiger partial charge in [-0.15, -0.1) is 0 Å². The molecule has 2 rings (SSSR count). The van der Waals surface area contributed by atoms with E-state index in [1.807, 2.05) is 20.8 Å². The van der Waals surface area contributed by atoms with Gasteiger partial charge in [0.25, 0.3) is 0 Å². The van der Waals surface area contributed by atoms with Crippen molar-refractivity contribution in [2.45, 2.75) is 46.3 Å². The number of carbonyl (C=O) groups is 2. The third-order valence-corrected chi connectivity index (χ3v) is 4.96. The number of nitrogens with one attached hydrogen (secondary N) is 1. The van der Waals surface area contributed by atoms with E-state index in [1.165, 1.54) is 11.0 Å². The molecular weight excluding hydrogens is 361 g/mol. The van der Waals surface area contributed by atoms with Crippen LogP contribution in [0.1, 0.15) is 51.3 Å². The van der Waals surface area contributed by atoms with Gasteiger partial charge in [0.1, 0.15) is 0 Å². The molecule has 0 aromatic heterocycles. The minimum Gasteiger partial charge on any atom is -0.481 e. The summed E-state index contributed by atoms with van der Waals surface area (Å²) in [4.78, 5) is 25.4. The number of carboxylic acids is 1. The van der Waals surface area contributed by atoms with E-state index in [0.29, 0.717) is 12.0 Å². The number of aliphatic carboxylic acids is 1. The third-order valence-electron chi connectivity index (χ3n) is 4.96. The number of likely N-dealkylation sites (tertiary alicyclic amines) is 1. The third kappa shape index (κ3) is 4.73. The fraction of sp³-hybridized carbons (Fsp3) is 0.579. The normalized spacial score (nSPS) is 21.8. The van der Waals surface area contributed by atoms with Crippen LogP contribution in [0.5, 0.6) is 0 Å². The minimum atomic E-state index is -4.47. The summed E-state index contributed by atoms with van der Waals surface area (Å²) in [5, 5.41) is 12.1. The van der Waals surface area contributed by atoms with Gasteiger partial charge in [0.05, 0.1) is 17.0 Å². The molecule has 2 amide bonds. The Hall–Kier alpha value is -2.25. The van der Waals surface area contributed by atoms with Gasteiger partial charge in [-0.3, -0.25) is 4.79 Å². The molecule has 0 saturated carbocycles. The van der Waals surface area contributed by atoms with E-state index in [4.69, 9.17) is 0 Å². The first-order chi connectivity index (χ1) is 12.2. The average molecular weight is 386 g/mol. The summed E-state index contributed by atoms with van der Waals surface area (Å²) in [6, 6.07) is 3.77. The molecule has 0 radical (unpaired) electrons. The Morgan fingerprint density at radius 3 is 2.37 bits per heavy atom. The number of nitrogens with zero attached hydrogens (tertiary/aromatic N) is 1. The summed E-state index contributed by atoms with van der Waals surface area (Å²) < 4.78 is 39.1. The van der Waals surface area contributed by atoms with E-state index in [1.54, 1.807) is 13.0 Å². The predicted octanol–water partition coefficient (Wildman–Crippen LogP) is 4.30. The molecule has 27 heavy (non-hydrogen) atoms. The highest BCUT2D eigenvalue weighted by Gasteiger charge is 2.43. The second-order valence-corrected chi connectivity index (χ2v) is 8.41. The zero-order valence-electron chi connectivity index (χ0n) is 15.9. The van der Waals surface area contributed by atoms with Crippen molar-refractivity contribution < 1.29 is 27.9 Å². The van der Waals surface area contributed by atoms with E-state index in [9.17, 15) is 27.9 Å². The molecule has 5 nitrogen and oxygen atoms in total. The molecule has 0 aliphatic carbocycles. The summed E-state index contributed by atoms with van der Waals surface area (Å²) in [5.74, 6) is -0.969. The molecule has 1 heterocycles. The monoisotopic (exact) mass is 386 g/mol. The number of rotatable bonds is 3. The van der Waals surface area contributed by atoms with Crippen LogP contribution in [0.3, 0.4) is 0 Å². The van der Waals surface area contributed by atoms with Crippen molar-refractivity contribution in [1.82, 2.24) is 10.2 Å². The standard InChI is InChI=1S/C19H25F3N2O3/c1-17(2,3)14(12-6-5-7-13(10-12)19(20,21)22)23-16(27)24-9-8-18(4,11-24)15(25)26/h5-7,10,14H,8-9,11H2,1-4H3,(H,23,27)(H,25,26). The van der Waals surface area contributed by atoms with Crippen molar-refractivity contribution in [3.63, 3.8) is 0 Å². The number of halogens is 3. The average Bonchev–Trinajstić information content (AvgIpc) is 2.94. The van der Waals surface area contributed by atoms with Crippen molar-refractivity contribution in [2.24, 2.45) is 10.8 Å². The highest BCUT2D eigenvalue weighted by Crippen LogP contribution is 2.37. The van der Waals surface area contributed by atoms with Crippen molar-refractivity contribution in [1.29, 1.82) is 0 Å². The minimum absolute atomic E-state index is 0.0631. The Balaban J connectivity index is 2.24. The van der Waals surface area contributed by atoms with Gasteiger partial charge in [-0.05, 0) is 36.5 Å². The zero-order chi connectivity index (χ0) is 20.6. The highest BCUT2D eigenvalue weighted by molar-refractivity contribution is 5.79. The second kappa shape index (κ2) is 7.05. The van der Waals surface area contributed by atoms with Gasteiger partial charge in [-0.1, -0.05) is 32.9 Å². The maximum atomic E-state index is 13.0. The second-order valence-electron chi connectivity index (χ2n) is 8.41. The molecule has 2 atom stereocenters. The number of carbonyl (C=O) groups excluding carboxylic acids is 1. The Bertz CT molecular complexity index is 728. The number of benzene rings is 1. The van der Waals surface area contributed by atoms with Crippen LogP contribution >= 0.6 is 0 Å². The molecule has 2 unspecified atom stereocenters. The molecule has 1 fully saturated rings. The summed E-state index contributed by atoms with van der Waals surface area (Å²) in [5.41, 5.74) is -1.98. The van der Waals surface area contributed by atoms with Crippen LogP contribution in [0, 0.1) is 10.8 Å². The van der Waals surface area contributed by atoms with Gasteiger partial charge in [0.2, 0.25) is 0 Å². The fourth-order valence-electron chi connectivity index (χ4n) is 3.22. The lowest BCUT2D eigenvalue weighted by Gasteiger charge is -2.34. The van der Waals surface area contributed by atoms with Crippen LogP contribution in [-0.2, 0) is 11.0 Å². The van der Waals surface area contributed by atoms with Gasteiger partial charge in [0.15, 0.2) is 0 Å².